The fraction of sp³-hybridized carbons (Fsp3) is 0.412. The zero-order valence-corrected chi connectivity index (χ0v) is 14.6. The second-order valence-corrected chi connectivity index (χ2v) is 5.66. The molecule has 1 heterocycles. The standard InChI is InChI=1S/C17H21N3O6/c1-11(16(23)19-12-5-7-13(25-2)8-6-12)26-15(22)4-3-9-20-14(21)10-18-17(20)24/h5-8,11H,3-4,9-10H2,1-2H3,(H,18,24)(H,19,23)/t11-/m0/s1. The fourth-order valence-electron chi connectivity index (χ4n) is 2.29. The number of nitrogens with zero attached hydrogens (tertiary/aromatic N) is 1. The molecule has 1 aromatic rings. The fourth-order valence-corrected chi connectivity index (χ4v) is 2.29. The Morgan fingerprint density at radius 3 is 2.54 bits per heavy atom. The molecule has 0 aromatic heterocycles. The molecule has 1 saturated heterocycles. The number of imide groups is 1. The van der Waals surface area contributed by atoms with Crippen LogP contribution in [0.2, 0.25) is 0 Å². The molecule has 2 N–H and O–H groups in total. The molecule has 1 aromatic carbocycles. The highest BCUT2D eigenvalue weighted by molar-refractivity contribution is 6.01. The van der Waals surface area contributed by atoms with E-state index in [0.29, 0.717) is 11.4 Å². The van der Waals surface area contributed by atoms with Crippen LogP contribution in [0, 0.1) is 0 Å². The normalized spacial score (nSPS) is 14.6. The molecular formula is C17H21N3O6. The summed E-state index contributed by atoms with van der Waals surface area (Å²) in [6.45, 7) is 1.58. The van der Waals surface area contributed by atoms with E-state index in [1.807, 2.05) is 0 Å². The van der Waals surface area contributed by atoms with E-state index in [-0.39, 0.29) is 31.8 Å². The van der Waals surface area contributed by atoms with Gasteiger partial charge < -0.3 is 20.1 Å². The van der Waals surface area contributed by atoms with Gasteiger partial charge in [0.2, 0.25) is 5.91 Å². The van der Waals surface area contributed by atoms with Gasteiger partial charge in [0.05, 0.1) is 13.7 Å². The van der Waals surface area contributed by atoms with Gasteiger partial charge in [-0.1, -0.05) is 0 Å². The Kier molecular flexibility index (Phi) is 6.54. The number of methoxy groups -OCH3 is 1. The number of amides is 4. The van der Waals surface area contributed by atoms with Crippen molar-refractivity contribution >= 4 is 29.5 Å². The van der Waals surface area contributed by atoms with E-state index in [1.54, 1.807) is 31.4 Å². The molecule has 26 heavy (non-hydrogen) atoms. The minimum atomic E-state index is -0.971. The molecule has 9 nitrogen and oxygen atoms in total. The third-order valence-electron chi connectivity index (χ3n) is 3.73. The molecule has 1 fully saturated rings. The average molecular weight is 363 g/mol. The van der Waals surface area contributed by atoms with Gasteiger partial charge in [-0.15, -0.1) is 0 Å². The molecule has 0 spiro atoms. The van der Waals surface area contributed by atoms with Gasteiger partial charge in [0.15, 0.2) is 6.10 Å². The van der Waals surface area contributed by atoms with Gasteiger partial charge in [0, 0.05) is 18.7 Å². The summed E-state index contributed by atoms with van der Waals surface area (Å²) in [5.41, 5.74) is 0.553. The first-order chi connectivity index (χ1) is 12.4. The number of rotatable bonds is 8. The second-order valence-electron chi connectivity index (χ2n) is 5.66. The highest BCUT2D eigenvalue weighted by Gasteiger charge is 2.28. The van der Waals surface area contributed by atoms with Gasteiger partial charge in [-0.05, 0) is 37.6 Å². The molecule has 140 valence electrons. The number of hydrogen-bond donors (Lipinski definition) is 2. The van der Waals surface area contributed by atoms with Crippen LogP contribution in [0.5, 0.6) is 5.75 Å². The predicted molar refractivity (Wildman–Crippen MR) is 91.5 cm³/mol. The Morgan fingerprint density at radius 1 is 1.27 bits per heavy atom. The summed E-state index contributed by atoms with van der Waals surface area (Å²) in [7, 11) is 1.54. The number of urea groups is 1. The lowest BCUT2D eigenvalue weighted by molar-refractivity contribution is -0.153. The van der Waals surface area contributed by atoms with Crippen molar-refractivity contribution in [1.82, 2.24) is 10.2 Å². The number of hydrogen-bond acceptors (Lipinski definition) is 6. The van der Waals surface area contributed by atoms with Crippen molar-refractivity contribution in [2.75, 3.05) is 25.5 Å². The number of benzene rings is 1. The topological polar surface area (TPSA) is 114 Å². The Labute approximate surface area is 150 Å². The van der Waals surface area contributed by atoms with Gasteiger partial charge in [0.1, 0.15) is 5.75 Å². The number of ether oxygens (including phenoxy) is 2. The van der Waals surface area contributed by atoms with Crippen LogP contribution in [0.25, 0.3) is 0 Å². The molecule has 0 aliphatic carbocycles. The van der Waals surface area contributed by atoms with Gasteiger partial charge >= 0.3 is 12.0 Å². The van der Waals surface area contributed by atoms with Crippen molar-refractivity contribution in [3.63, 3.8) is 0 Å². The van der Waals surface area contributed by atoms with Crippen LogP contribution in [0.1, 0.15) is 19.8 Å². The summed E-state index contributed by atoms with van der Waals surface area (Å²) in [5.74, 6) is -0.699. The molecular weight excluding hydrogens is 342 g/mol. The van der Waals surface area contributed by atoms with Crippen molar-refractivity contribution < 1.29 is 28.7 Å². The Morgan fingerprint density at radius 2 is 1.96 bits per heavy atom. The first kappa shape index (κ1) is 19.2. The van der Waals surface area contributed by atoms with E-state index in [2.05, 4.69) is 10.6 Å². The molecule has 4 amide bonds. The van der Waals surface area contributed by atoms with Crippen LogP contribution in [0.4, 0.5) is 10.5 Å². The van der Waals surface area contributed by atoms with Crippen molar-refractivity contribution in [2.24, 2.45) is 0 Å². The number of carbonyl (C=O) groups is 4. The lowest BCUT2D eigenvalue weighted by Crippen LogP contribution is -2.33. The van der Waals surface area contributed by atoms with Crippen LogP contribution < -0.4 is 15.4 Å². The van der Waals surface area contributed by atoms with E-state index in [4.69, 9.17) is 9.47 Å². The quantitative estimate of drug-likeness (QED) is 0.524. The van der Waals surface area contributed by atoms with Crippen molar-refractivity contribution in [3.05, 3.63) is 24.3 Å². The van der Waals surface area contributed by atoms with Crippen molar-refractivity contribution in [1.29, 1.82) is 0 Å². The van der Waals surface area contributed by atoms with Crippen LogP contribution >= 0.6 is 0 Å². The van der Waals surface area contributed by atoms with Gasteiger partial charge in [-0.2, -0.15) is 0 Å². The average Bonchev–Trinajstić information content (AvgIpc) is 2.94. The SMILES string of the molecule is COc1ccc(NC(=O)[C@H](C)OC(=O)CCCN2C(=O)CNC2=O)cc1. The van der Waals surface area contributed by atoms with Crippen molar-refractivity contribution in [3.8, 4) is 5.75 Å². The Balaban J connectivity index is 1.72. The highest BCUT2D eigenvalue weighted by atomic mass is 16.5. The maximum Gasteiger partial charge on any atom is 0.324 e. The number of nitrogens with one attached hydrogen (secondary N) is 2. The van der Waals surface area contributed by atoms with Crippen LogP contribution in [0.15, 0.2) is 24.3 Å². The first-order valence-corrected chi connectivity index (χ1v) is 8.13. The van der Waals surface area contributed by atoms with E-state index in [9.17, 15) is 19.2 Å². The lowest BCUT2D eigenvalue weighted by Gasteiger charge is -2.15. The third kappa shape index (κ3) is 5.20. The van der Waals surface area contributed by atoms with Crippen LogP contribution in [-0.4, -0.2) is 55.0 Å². The summed E-state index contributed by atoms with van der Waals surface area (Å²) < 4.78 is 10.1. The maximum absolute atomic E-state index is 12.0. The number of carbonyl (C=O) groups excluding carboxylic acids is 4. The minimum absolute atomic E-state index is 0.00276. The molecule has 1 aliphatic heterocycles. The van der Waals surface area contributed by atoms with Gasteiger partial charge in [0.25, 0.3) is 5.91 Å². The molecule has 0 unspecified atom stereocenters. The minimum Gasteiger partial charge on any atom is -0.497 e. The summed E-state index contributed by atoms with van der Waals surface area (Å²) in [5, 5.41) is 5.03. The zero-order chi connectivity index (χ0) is 19.1. The van der Waals surface area contributed by atoms with E-state index >= 15 is 0 Å². The molecule has 1 aliphatic rings. The molecule has 0 saturated carbocycles. The van der Waals surface area contributed by atoms with E-state index in [0.717, 1.165) is 4.90 Å². The monoisotopic (exact) mass is 363 g/mol. The highest BCUT2D eigenvalue weighted by Crippen LogP contribution is 2.15. The second kappa shape index (κ2) is 8.84. The smallest absolute Gasteiger partial charge is 0.324 e. The Bertz CT molecular complexity index is 672. The summed E-state index contributed by atoms with van der Waals surface area (Å²) in [4.78, 5) is 47.7. The summed E-state index contributed by atoms with van der Waals surface area (Å²) >= 11 is 0. The largest absolute Gasteiger partial charge is 0.497 e. The Hall–Kier alpha value is -3.10. The van der Waals surface area contributed by atoms with E-state index < -0.39 is 24.0 Å². The first-order valence-electron chi connectivity index (χ1n) is 8.13. The van der Waals surface area contributed by atoms with Crippen LogP contribution in [-0.2, 0) is 19.1 Å². The third-order valence-corrected chi connectivity index (χ3v) is 3.73. The maximum atomic E-state index is 12.0. The number of anilines is 1. The lowest BCUT2D eigenvalue weighted by atomic mass is 10.2. The summed E-state index contributed by atoms with van der Waals surface area (Å²) in [6.07, 6.45) is -0.705. The molecule has 2 rings (SSSR count). The predicted octanol–water partition coefficient (Wildman–Crippen LogP) is 0.897. The molecule has 0 radical (unpaired) electrons. The van der Waals surface area contributed by atoms with Crippen LogP contribution in [0.3, 0.4) is 0 Å². The molecule has 1 atom stereocenters. The summed E-state index contributed by atoms with van der Waals surface area (Å²) in [6, 6.07) is 6.27. The molecule has 0 bridgehead atoms. The molecule has 9 heteroatoms. The van der Waals surface area contributed by atoms with Crippen molar-refractivity contribution in [2.45, 2.75) is 25.9 Å². The van der Waals surface area contributed by atoms with Gasteiger partial charge in [-0.3, -0.25) is 19.3 Å². The van der Waals surface area contributed by atoms with E-state index in [1.165, 1.54) is 6.92 Å². The zero-order valence-electron chi connectivity index (χ0n) is 14.6. The van der Waals surface area contributed by atoms with Gasteiger partial charge in [-0.25, -0.2) is 4.79 Å². The number of esters is 1.